The quantitative estimate of drug-likeness (QED) is 0.678. The van der Waals surface area contributed by atoms with Gasteiger partial charge in [-0.05, 0) is 18.6 Å². The smallest absolute Gasteiger partial charge is 0.126 e. The fourth-order valence-corrected chi connectivity index (χ4v) is 1.40. The molecule has 0 aromatic heterocycles. The second kappa shape index (κ2) is 3.96. The van der Waals surface area contributed by atoms with Gasteiger partial charge in [0, 0.05) is 16.1 Å². The highest BCUT2D eigenvalue weighted by Gasteiger charge is 2.12. The van der Waals surface area contributed by atoms with E-state index in [0.29, 0.717) is 21.7 Å². The van der Waals surface area contributed by atoms with E-state index in [4.69, 9.17) is 21.8 Å². The molecule has 0 aliphatic carbocycles. The zero-order chi connectivity index (χ0) is 10.0. The summed E-state index contributed by atoms with van der Waals surface area (Å²) >= 11 is 5.82. The van der Waals surface area contributed by atoms with E-state index in [-0.39, 0.29) is 19.0 Å². The lowest BCUT2D eigenvalue weighted by Gasteiger charge is -2.10. The predicted molar refractivity (Wildman–Crippen MR) is 49.7 cm³/mol. The summed E-state index contributed by atoms with van der Waals surface area (Å²) in [7, 11) is 0. The molecule has 0 aliphatic heterocycles. The van der Waals surface area contributed by atoms with Crippen molar-refractivity contribution in [2.75, 3.05) is 0 Å². The maximum Gasteiger partial charge on any atom is 0.126 e. The van der Waals surface area contributed by atoms with Gasteiger partial charge in [0.05, 0.1) is 13.2 Å². The van der Waals surface area contributed by atoms with Crippen LogP contribution < -0.4 is 0 Å². The molecule has 0 aliphatic rings. The molecular formula is C9H11ClO3. The maximum absolute atomic E-state index is 9.52. The molecule has 0 bridgehead atoms. The molecule has 0 atom stereocenters. The Morgan fingerprint density at radius 1 is 1.31 bits per heavy atom. The minimum atomic E-state index is -0.293. The van der Waals surface area contributed by atoms with Crippen molar-refractivity contribution < 1.29 is 15.3 Å². The van der Waals surface area contributed by atoms with E-state index >= 15 is 0 Å². The van der Waals surface area contributed by atoms with Crippen LogP contribution in [-0.4, -0.2) is 15.3 Å². The van der Waals surface area contributed by atoms with Crippen molar-refractivity contribution in [3.8, 4) is 5.75 Å². The van der Waals surface area contributed by atoms with Crippen LogP contribution in [0.1, 0.15) is 16.7 Å². The van der Waals surface area contributed by atoms with Crippen LogP contribution in [0.4, 0.5) is 0 Å². The Balaban J connectivity index is 3.39. The molecule has 72 valence electrons. The number of halogens is 1. The van der Waals surface area contributed by atoms with Crippen molar-refractivity contribution in [1.29, 1.82) is 0 Å². The summed E-state index contributed by atoms with van der Waals surface area (Å²) in [5.41, 5.74) is 1.34. The van der Waals surface area contributed by atoms with Gasteiger partial charge in [0.25, 0.3) is 0 Å². The first-order chi connectivity index (χ1) is 6.11. The van der Waals surface area contributed by atoms with Gasteiger partial charge < -0.3 is 15.3 Å². The van der Waals surface area contributed by atoms with Crippen LogP contribution >= 0.6 is 11.6 Å². The molecule has 0 spiro atoms. The Kier molecular flexibility index (Phi) is 3.14. The number of hydrogen-bond acceptors (Lipinski definition) is 3. The van der Waals surface area contributed by atoms with E-state index in [9.17, 15) is 5.11 Å². The summed E-state index contributed by atoms with van der Waals surface area (Å²) in [6.45, 7) is 1.12. The standard InChI is InChI=1S/C9H11ClO3/c1-5-7(4-12)9(13)6(3-11)2-8(5)10/h2,11-13H,3-4H2,1H3. The van der Waals surface area contributed by atoms with Crippen molar-refractivity contribution in [2.45, 2.75) is 20.1 Å². The van der Waals surface area contributed by atoms with Crippen LogP contribution in [0.25, 0.3) is 0 Å². The number of rotatable bonds is 2. The topological polar surface area (TPSA) is 60.7 Å². The van der Waals surface area contributed by atoms with Crippen molar-refractivity contribution >= 4 is 11.6 Å². The van der Waals surface area contributed by atoms with E-state index in [1.165, 1.54) is 6.07 Å². The monoisotopic (exact) mass is 202 g/mol. The van der Waals surface area contributed by atoms with E-state index in [1.54, 1.807) is 6.92 Å². The second-order valence-electron chi connectivity index (χ2n) is 2.79. The molecule has 0 unspecified atom stereocenters. The zero-order valence-corrected chi connectivity index (χ0v) is 7.97. The van der Waals surface area contributed by atoms with Gasteiger partial charge in [0.15, 0.2) is 0 Å². The summed E-state index contributed by atoms with van der Waals surface area (Å²) in [5, 5.41) is 27.7. The number of aromatic hydroxyl groups is 1. The third-order valence-corrected chi connectivity index (χ3v) is 2.42. The SMILES string of the molecule is Cc1c(Cl)cc(CO)c(O)c1CO. The van der Waals surface area contributed by atoms with Crippen molar-refractivity contribution in [1.82, 2.24) is 0 Å². The fourth-order valence-electron chi connectivity index (χ4n) is 1.16. The third-order valence-electron chi connectivity index (χ3n) is 2.03. The molecule has 0 saturated heterocycles. The van der Waals surface area contributed by atoms with Gasteiger partial charge in [-0.2, -0.15) is 0 Å². The van der Waals surface area contributed by atoms with Gasteiger partial charge in [-0.25, -0.2) is 0 Å². The van der Waals surface area contributed by atoms with Gasteiger partial charge in [-0.1, -0.05) is 11.6 Å². The lowest BCUT2D eigenvalue weighted by molar-refractivity contribution is 0.263. The van der Waals surface area contributed by atoms with Gasteiger partial charge in [-0.3, -0.25) is 0 Å². The lowest BCUT2D eigenvalue weighted by Crippen LogP contribution is -1.95. The highest BCUT2D eigenvalue weighted by molar-refractivity contribution is 6.31. The number of hydrogen-bond donors (Lipinski definition) is 3. The molecule has 0 heterocycles. The summed E-state index contributed by atoms with van der Waals surface area (Å²) < 4.78 is 0. The number of benzene rings is 1. The van der Waals surface area contributed by atoms with E-state index in [0.717, 1.165) is 0 Å². The molecule has 1 aromatic carbocycles. The number of aliphatic hydroxyl groups is 2. The molecule has 0 saturated carbocycles. The normalized spacial score (nSPS) is 10.5. The average Bonchev–Trinajstić information content (AvgIpc) is 2.12. The van der Waals surface area contributed by atoms with E-state index < -0.39 is 0 Å². The number of phenols is 1. The molecule has 3 N–H and O–H groups in total. The molecule has 0 fully saturated rings. The summed E-state index contributed by atoms with van der Waals surface area (Å²) in [6.07, 6.45) is 0. The molecule has 13 heavy (non-hydrogen) atoms. The minimum Gasteiger partial charge on any atom is -0.507 e. The molecular weight excluding hydrogens is 192 g/mol. The van der Waals surface area contributed by atoms with E-state index in [1.807, 2.05) is 0 Å². The van der Waals surface area contributed by atoms with Gasteiger partial charge in [0.1, 0.15) is 5.75 Å². The van der Waals surface area contributed by atoms with Crippen LogP contribution in [0.3, 0.4) is 0 Å². The van der Waals surface area contributed by atoms with Gasteiger partial charge >= 0.3 is 0 Å². The second-order valence-corrected chi connectivity index (χ2v) is 3.19. The molecule has 0 radical (unpaired) electrons. The van der Waals surface area contributed by atoms with Crippen molar-refractivity contribution in [3.05, 3.63) is 27.8 Å². The first kappa shape index (κ1) is 10.3. The highest BCUT2D eigenvalue weighted by Crippen LogP contribution is 2.31. The lowest BCUT2D eigenvalue weighted by atomic mass is 10.0. The highest BCUT2D eigenvalue weighted by atomic mass is 35.5. The zero-order valence-electron chi connectivity index (χ0n) is 7.21. The van der Waals surface area contributed by atoms with Gasteiger partial charge in [0.2, 0.25) is 0 Å². The Morgan fingerprint density at radius 3 is 2.38 bits per heavy atom. The van der Waals surface area contributed by atoms with Crippen LogP contribution in [-0.2, 0) is 13.2 Å². The molecule has 3 nitrogen and oxygen atoms in total. The maximum atomic E-state index is 9.52. The van der Waals surface area contributed by atoms with Crippen LogP contribution in [0, 0.1) is 6.92 Å². The van der Waals surface area contributed by atoms with Crippen molar-refractivity contribution in [3.63, 3.8) is 0 Å². The Labute approximate surface area is 81.2 Å². The first-order valence-corrected chi connectivity index (χ1v) is 4.21. The van der Waals surface area contributed by atoms with E-state index in [2.05, 4.69) is 0 Å². The summed E-state index contributed by atoms with van der Waals surface area (Å²) in [6, 6.07) is 1.49. The molecule has 1 rings (SSSR count). The van der Waals surface area contributed by atoms with Gasteiger partial charge in [-0.15, -0.1) is 0 Å². The molecule has 4 heteroatoms. The van der Waals surface area contributed by atoms with Crippen LogP contribution in [0.2, 0.25) is 5.02 Å². The Morgan fingerprint density at radius 2 is 1.92 bits per heavy atom. The van der Waals surface area contributed by atoms with Crippen LogP contribution in [0.15, 0.2) is 6.07 Å². The third kappa shape index (κ3) is 1.77. The summed E-state index contributed by atoms with van der Waals surface area (Å²) in [5.74, 6) is -0.0769. The first-order valence-electron chi connectivity index (χ1n) is 3.83. The Hall–Kier alpha value is -0.770. The predicted octanol–water partition coefficient (Wildman–Crippen LogP) is 1.34. The minimum absolute atomic E-state index is 0.0769. The fraction of sp³-hybridized carbons (Fsp3) is 0.333. The van der Waals surface area contributed by atoms with Crippen LogP contribution in [0.5, 0.6) is 5.75 Å². The van der Waals surface area contributed by atoms with Crippen molar-refractivity contribution in [2.24, 2.45) is 0 Å². The molecule has 0 amide bonds. The summed E-state index contributed by atoms with van der Waals surface area (Å²) in [4.78, 5) is 0. The Bertz CT molecular complexity index is 323. The average molecular weight is 203 g/mol. The largest absolute Gasteiger partial charge is 0.507 e. The molecule has 1 aromatic rings. The number of aliphatic hydroxyl groups excluding tert-OH is 2.